The lowest BCUT2D eigenvalue weighted by molar-refractivity contribution is -0.192. The number of carboxylic acids is 2. The van der Waals surface area contributed by atoms with Crippen LogP contribution in [-0.2, 0) is 14.8 Å². The number of hydrogen-bond acceptors (Lipinski definition) is 7. The van der Waals surface area contributed by atoms with Crippen molar-refractivity contribution >= 4 is 56.4 Å². The first-order valence-corrected chi connectivity index (χ1v) is 11.9. The van der Waals surface area contributed by atoms with E-state index >= 15 is 0 Å². The summed E-state index contributed by atoms with van der Waals surface area (Å²) in [7, 11) is -3.84. The molecule has 1 aliphatic rings. The Kier molecular flexibility index (Phi) is 8.54. The van der Waals surface area contributed by atoms with Gasteiger partial charge in [0.1, 0.15) is 15.6 Å². The van der Waals surface area contributed by atoms with Crippen LogP contribution in [0.2, 0.25) is 4.34 Å². The summed E-state index contributed by atoms with van der Waals surface area (Å²) in [6.07, 6.45) is -1.81. The summed E-state index contributed by atoms with van der Waals surface area (Å²) in [6, 6.07) is 4.18. The number of thiophene rings is 1. The molecule has 1 aliphatic heterocycles. The Hall–Kier alpha value is -2.58. The first kappa shape index (κ1) is 26.7. The van der Waals surface area contributed by atoms with Crippen molar-refractivity contribution in [2.75, 3.05) is 22.7 Å². The van der Waals surface area contributed by atoms with Gasteiger partial charge in [0.05, 0.1) is 16.2 Å². The van der Waals surface area contributed by atoms with Crippen LogP contribution in [0.1, 0.15) is 30.1 Å². The summed E-state index contributed by atoms with van der Waals surface area (Å²) in [5.41, 5.74) is 0.0741. The van der Waals surface area contributed by atoms with Crippen LogP contribution in [-0.4, -0.2) is 54.8 Å². The van der Waals surface area contributed by atoms with E-state index in [1.165, 1.54) is 24.4 Å². The van der Waals surface area contributed by atoms with Crippen LogP contribution >= 0.6 is 22.9 Å². The number of nitrogens with zero attached hydrogens (tertiary/aromatic N) is 2. The van der Waals surface area contributed by atoms with Crippen LogP contribution in [0.3, 0.4) is 0 Å². The molecule has 0 bridgehead atoms. The van der Waals surface area contributed by atoms with E-state index in [0.29, 0.717) is 16.1 Å². The van der Waals surface area contributed by atoms with Crippen molar-refractivity contribution in [1.29, 1.82) is 0 Å². The molecule has 0 saturated carbocycles. The van der Waals surface area contributed by atoms with Crippen molar-refractivity contribution in [2.24, 2.45) is 5.92 Å². The van der Waals surface area contributed by atoms with Gasteiger partial charge in [0, 0.05) is 13.1 Å². The lowest BCUT2D eigenvalue weighted by Crippen LogP contribution is -2.34. The van der Waals surface area contributed by atoms with Gasteiger partial charge < -0.3 is 15.1 Å². The fraction of sp³-hybridized carbons (Fsp3) is 0.389. The molecular formula is C18H19ClF3N3O6S2. The van der Waals surface area contributed by atoms with E-state index in [1.54, 1.807) is 0 Å². The van der Waals surface area contributed by atoms with Crippen LogP contribution in [0.15, 0.2) is 28.6 Å². The van der Waals surface area contributed by atoms with E-state index in [1.807, 2.05) is 4.90 Å². The second-order valence-electron chi connectivity index (χ2n) is 7.04. The Labute approximate surface area is 195 Å². The molecule has 0 radical (unpaired) electrons. The van der Waals surface area contributed by atoms with Crippen molar-refractivity contribution in [3.05, 3.63) is 34.3 Å². The molecule has 1 saturated heterocycles. The molecule has 3 heterocycles. The van der Waals surface area contributed by atoms with E-state index in [-0.39, 0.29) is 15.5 Å². The van der Waals surface area contributed by atoms with Crippen molar-refractivity contribution < 1.29 is 41.4 Å². The third kappa shape index (κ3) is 7.47. The SMILES string of the molecule is CC1CCN(c2ncc(NS(=O)(=O)c3ccc(Cl)s3)cc2C(=O)O)CC1.O=C(O)C(F)(F)F. The van der Waals surface area contributed by atoms with Gasteiger partial charge in [-0.05, 0) is 37.0 Å². The number of anilines is 2. The van der Waals surface area contributed by atoms with Gasteiger partial charge in [-0.1, -0.05) is 18.5 Å². The lowest BCUT2D eigenvalue weighted by atomic mass is 9.99. The van der Waals surface area contributed by atoms with Crippen LogP contribution in [0.25, 0.3) is 0 Å². The highest BCUT2D eigenvalue weighted by Gasteiger charge is 2.38. The minimum atomic E-state index is -5.08. The number of carbonyl (C=O) groups is 2. The van der Waals surface area contributed by atoms with Gasteiger partial charge in [0.25, 0.3) is 10.0 Å². The van der Waals surface area contributed by atoms with Crippen LogP contribution in [0, 0.1) is 5.92 Å². The smallest absolute Gasteiger partial charge is 0.478 e. The van der Waals surface area contributed by atoms with Gasteiger partial charge in [-0.25, -0.2) is 23.0 Å². The van der Waals surface area contributed by atoms with Gasteiger partial charge in [-0.2, -0.15) is 13.2 Å². The standard InChI is InChI=1S/C16H18ClN3O4S2.C2HF3O2/c1-10-4-6-20(7-5-10)15-12(16(21)22)8-11(9-18-15)19-26(23,24)14-3-2-13(17)25-14;3-2(4,5)1(6)7/h2-3,8-10,19H,4-7H2,1H3,(H,21,22);(H,6,7). The molecule has 182 valence electrons. The van der Waals surface area contributed by atoms with Gasteiger partial charge in [-0.3, -0.25) is 4.72 Å². The number of aromatic carboxylic acids is 1. The molecule has 0 atom stereocenters. The van der Waals surface area contributed by atoms with E-state index in [2.05, 4.69) is 16.6 Å². The molecule has 33 heavy (non-hydrogen) atoms. The molecule has 0 spiro atoms. The molecule has 2 aromatic heterocycles. The number of hydrogen-bond donors (Lipinski definition) is 3. The Morgan fingerprint density at radius 3 is 2.27 bits per heavy atom. The average Bonchev–Trinajstić information content (AvgIpc) is 3.15. The molecule has 3 N–H and O–H groups in total. The van der Waals surface area contributed by atoms with E-state index in [4.69, 9.17) is 21.5 Å². The summed E-state index contributed by atoms with van der Waals surface area (Å²) in [5, 5.41) is 16.7. The molecule has 9 nitrogen and oxygen atoms in total. The molecule has 0 aromatic carbocycles. The predicted molar refractivity (Wildman–Crippen MR) is 116 cm³/mol. The molecule has 3 rings (SSSR count). The molecular weight excluding hydrogens is 511 g/mol. The number of carboxylic acid groups (broad SMARTS) is 2. The zero-order valence-electron chi connectivity index (χ0n) is 17.0. The fourth-order valence-electron chi connectivity index (χ4n) is 2.79. The van der Waals surface area contributed by atoms with E-state index in [0.717, 1.165) is 37.3 Å². The van der Waals surface area contributed by atoms with Crippen molar-refractivity contribution in [2.45, 2.75) is 30.2 Å². The fourth-order valence-corrected chi connectivity index (χ4v) is 5.31. The third-order valence-electron chi connectivity index (χ3n) is 4.49. The van der Waals surface area contributed by atoms with Crippen molar-refractivity contribution in [3.63, 3.8) is 0 Å². The molecule has 2 aromatic rings. The second-order valence-corrected chi connectivity index (χ2v) is 10.7. The number of aromatic nitrogens is 1. The van der Waals surface area contributed by atoms with Crippen molar-refractivity contribution in [3.8, 4) is 0 Å². The highest BCUT2D eigenvalue weighted by Crippen LogP contribution is 2.29. The highest BCUT2D eigenvalue weighted by atomic mass is 35.5. The highest BCUT2D eigenvalue weighted by molar-refractivity contribution is 7.94. The molecule has 0 amide bonds. The number of pyridine rings is 1. The maximum atomic E-state index is 12.4. The molecule has 0 unspecified atom stereocenters. The van der Waals surface area contributed by atoms with Crippen LogP contribution in [0.4, 0.5) is 24.7 Å². The quantitative estimate of drug-likeness (QED) is 0.525. The predicted octanol–water partition coefficient (Wildman–Crippen LogP) is 4.17. The zero-order valence-corrected chi connectivity index (χ0v) is 19.4. The number of sulfonamides is 1. The average molecular weight is 530 g/mol. The first-order valence-electron chi connectivity index (χ1n) is 9.27. The van der Waals surface area contributed by atoms with Crippen molar-refractivity contribution in [1.82, 2.24) is 4.98 Å². The maximum absolute atomic E-state index is 12.4. The minimum Gasteiger partial charge on any atom is -0.478 e. The Balaban J connectivity index is 0.000000479. The Morgan fingerprint density at radius 2 is 1.82 bits per heavy atom. The van der Waals surface area contributed by atoms with E-state index in [9.17, 15) is 31.5 Å². The summed E-state index contributed by atoms with van der Waals surface area (Å²) in [5.74, 6) is -2.94. The number of rotatable bonds is 5. The summed E-state index contributed by atoms with van der Waals surface area (Å²) in [6.45, 7) is 3.62. The summed E-state index contributed by atoms with van der Waals surface area (Å²) < 4.78 is 59.2. The lowest BCUT2D eigenvalue weighted by Gasteiger charge is -2.32. The Bertz CT molecular complexity index is 1120. The molecule has 15 heteroatoms. The van der Waals surface area contributed by atoms with Gasteiger partial charge in [0.2, 0.25) is 0 Å². The van der Waals surface area contributed by atoms with Gasteiger partial charge in [0.15, 0.2) is 0 Å². The number of piperidine rings is 1. The minimum absolute atomic E-state index is 0.0241. The van der Waals surface area contributed by atoms with E-state index < -0.39 is 28.1 Å². The molecule has 0 aliphatic carbocycles. The maximum Gasteiger partial charge on any atom is 0.490 e. The first-order chi connectivity index (χ1) is 15.2. The number of alkyl halides is 3. The molecule has 1 fully saturated rings. The summed E-state index contributed by atoms with van der Waals surface area (Å²) >= 11 is 6.70. The number of aliphatic carboxylic acids is 1. The van der Waals surface area contributed by atoms with Crippen LogP contribution in [0.5, 0.6) is 0 Å². The van der Waals surface area contributed by atoms with Crippen LogP contribution < -0.4 is 9.62 Å². The second kappa shape index (κ2) is 10.6. The number of halogens is 4. The van der Waals surface area contributed by atoms with Gasteiger partial charge >= 0.3 is 18.1 Å². The Morgan fingerprint density at radius 1 is 1.24 bits per heavy atom. The normalized spacial score (nSPS) is 14.9. The van der Waals surface area contributed by atoms with Gasteiger partial charge in [-0.15, -0.1) is 11.3 Å². The monoisotopic (exact) mass is 529 g/mol. The topological polar surface area (TPSA) is 137 Å². The largest absolute Gasteiger partial charge is 0.490 e. The third-order valence-corrected chi connectivity index (χ3v) is 7.59. The summed E-state index contributed by atoms with van der Waals surface area (Å²) in [4.78, 5) is 26.7. The zero-order chi connectivity index (χ0) is 25.0. The number of nitrogens with one attached hydrogen (secondary N) is 1.